The maximum absolute atomic E-state index is 12.1. The molecule has 0 bridgehead atoms. The summed E-state index contributed by atoms with van der Waals surface area (Å²) in [5.74, 6) is -0.426. The Hall–Kier alpha value is -1.82. The summed E-state index contributed by atoms with van der Waals surface area (Å²) in [6.45, 7) is 3.73. The molecule has 0 saturated carbocycles. The third-order valence-corrected chi connectivity index (χ3v) is 3.50. The number of amides is 2. The molecule has 1 aliphatic rings. The molecular formula is C14H15BrN2O3. The number of esters is 1. The van der Waals surface area contributed by atoms with Crippen molar-refractivity contribution in [3.05, 3.63) is 45.6 Å². The molecule has 0 saturated heterocycles. The molecule has 2 N–H and O–H groups in total. The molecule has 106 valence electrons. The van der Waals surface area contributed by atoms with Crippen molar-refractivity contribution in [2.75, 3.05) is 6.61 Å². The van der Waals surface area contributed by atoms with Gasteiger partial charge in [0.1, 0.15) is 0 Å². The van der Waals surface area contributed by atoms with E-state index >= 15 is 0 Å². The Balaban J connectivity index is 2.41. The minimum absolute atomic E-state index is 0.288. The lowest BCUT2D eigenvalue weighted by Gasteiger charge is -2.28. The summed E-state index contributed by atoms with van der Waals surface area (Å²) in [5, 5.41) is 5.35. The van der Waals surface area contributed by atoms with Crippen LogP contribution >= 0.6 is 15.9 Å². The van der Waals surface area contributed by atoms with Crippen molar-refractivity contribution in [1.29, 1.82) is 0 Å². The third-order valence-electron chi connectivity index (χ3n) is 2.97. The molecule has 1 heterocycles. The van der Waals surface area contributed by atoms with E-state index in [1.807, 2.05) is 24.3 Å². The van der Waals surface area contributed by atoms with Crippen LogP contribution in [-0.4, -0.2) is 18.6 Å². The molecule has 0 fully saturated rings. The summed E-state index contributed by atoms with van der Waals surface area (Å²) >= 11 is 3.36. The Morgan fingerprint density at radius 3 is 2.60 bits per heavy atom. The van der Waals surface area contributed by atoms with Crippen molar-refractivity contribution >= 4 is 27.9 Å². The van der Waals surface area contributed by atoms with Crippen LogP contribution in [0, 0.1) is 0 Å². The quantitative estimate of drug-likeness (QED) is 0.832. The molecule has 0 radical (unpaired) electrons. The summed E-state index contributed by atoms with van der Waals surface area (Å²) < 4.78 is 6.00. The molecule has 6 heteroatoms. The molecular weight excluding hydrogens is 324 g/mol. The van der Waals surface area contributed by atoms with Crippen molar-refractivity contribution in [2.24, 2.45) is 0 Å². The second-order valence-corrected chi connectivity index (χ2v) is 5.26. The molecule has 1 aliphatic heterocycles. The first-order valence-corrected chi connectivity index (χ1v) is 7.03. The number of carbonyl (C=O) groups excluding carboxylic acids is 2. The smallest absolute Gasteiger partial charge is 0.338 e. The highest BCUT2D eigenvalue weighted by Gasteiger charge is 2.31. The second-order valence-electron chi connectivity index (χ2n) is 4.34. The highest BCUT2D eigenvalue weighted by molar-refractivity contribution is 9.10. The fraction of sp³-hybridized carbons (Fsp3) is 0.286. The number of urea groups is 1. The fourth-order valence-electron chi connectivity index (χ4n) is 2.08. The Morgan fingerprint density at radius 1 is 1.35 bits per heavy atom. The number of benzene rings is 1. The van der Waals surface area contributed by atoms with E-state index in [1.54, 1.807) is 13.8 Å². The first-order valence-electron chi connectivity index (χ1n) is 6.23. The second kappa shape index (κ2) is 6.09. The van der Waals surface area contributed by atoms with Crippen molar-refractivity contribution in [3.8, 4) is 0 Å². The van der Waals surface area contributed by atoms with Gasteiger partial charge in [0.25, 0.3) is 0 Å². The van der Waals surface area contributed by atoms with Gasteiger partial charge in [-0.25, -0.2) is 9.59 Å². The maximum atomic E-state index is 12.1. The van der Waals surface area contributed by atoms with Gasteiger partial charge in [-0.05, 0) is 31.5 Å². The van der Waals surface area contributed by atoms with Crippen LogP contribution in [0.4, 0.5) is 4.79 Å². The van der Waals surface area contributed by atoms with Gasteiger partial charge in [-0.1, -0.05) is 28.1 Å². The zero-order chi connectivity index (χ0) is 14.7. The third kappa shape index (κ3) is 3.01. The van der Waals surface area contributed by atoms with Crippen molar-refractivity contribution in [3.63, 3.8) is 0 Å². The first-order chi connectivity index (χ1) is 9.52. The number of ether oxygens (including phenoxy) is 1. The number of hydrogen-bond acceptors (Lipinski definition) is 3. The summed E-state index contributed by atoms with van der Waals surface area (Å²) in [6, 6.07) is 6.60. The van der Waals surface area contributed by atoms with Crippen LogP contribution in [0.3, 0.4) is 0 Å². The summed E-state index contributed by atoms with van der Waals surface area (Å²) in [5.41, 5.74) is 1.76. The Bertz CT molecular complexity index is 566. The van der Waals surface area contributed by atoms with Crippen LogP contribution in [0.15, 0.2) is 40.0 Å². The van der Waals surface area contributed by atoms with Crippen molar-refractivity contribution in [2.45, 2.75) is 19.9 Å². The van der Waals surface area contributed by atoms with E-state index in [0.717, 1.165) is 10.0 Å². The lowest BCUT2D eigenvalue weighted by Crippen LogP contribution is -2.45. The number of nitrogens with one attached hydrogen (secondary N) is 2. The monoisotopic (exact) mass is 338 g/mol. The number of halogens is 1. The van der Waals surface area contributed by atoms with Crippen LogP contribution in [0.1, 0.15) is 25.5 Å². The van der Waals surface area contributed by atoms with E-state index in [0.29, 0.717) is 11.3 Å². The molecule has 0 aliphatic carbocycles. The topological polar surface area (TPSA) is 67.4 Å². The standard InChI is InChI=1S/C14H15BrN2O3/c1-3-20-13(18)11-8(2)16-14(19)17-12(11)9-4-6-10(15)7-5-9/h4-7,12H,3H2,1-2H3,(H2,16,17,19)/t12-/m0/s1. The lowest BCUT2D eigenvalue weighted by atomic mass is 9.96. The molecule has 2 rings (SSSR count). The van der Waals surface area contributed by atoms with E-state index in [9.17, 15) is 9.59 Å². The molecule has 0 unspecified atom stereocenters. The molecule has 1 aromatic carbocycles. The lowest BCUT2D eigenvalue weighted by molar-refractivity contribution is -0.139. The average molecular weight is 339 g/mol. The number of hydrogen-bond donors (Lipinski definition) is 2. The fourth-order valence-corrected chi connectivity index (χ4v) is 2.34. The van der Waals surface area contributed by atoms with E-state index in [4.69, 9.17) is 4.74 Å². The highest BCUT2D eigenvalue weighted by atomic mass is 79.9. The van der Waals surface area contributed by atoms with Gasteiger partial charge in [-0.2, -0.15) is 0 Å². The SMILES string of the molecule is CCOC(=O)C1=C(C)NC(=O)N[C@H]1c1ccc(Br)cc1. The van der Waals surface area contributed by atoms with Crippen LogP contribution in [0.2, 0.25) is 0 Å². The molecule has 20 heavy (non-hydrogen) atoms. The molecule has 1 aromatic rings. The minimum Gasteiger partial charge on any atom is -0.463 e. The van der Waals surface area contributed by atoms with E-state index in [-0.39, 0.29) is 12.6 Å². The first kappa shape index (κ1) is 14.6. The zero-order valence-electron chi connectivity index (χ0n) is 11.2. The van der Waals surface area contributed by atoms with Gasteiger partial charge in [0, 0.05) is 10.2 Å². The van der Waals surface area contributed by atoms with Gasteiger partial charge in [-0.3, -0.25) is 0 Å². The largest absolute Gasteiger partial charge is 0.463 e. The summed E-state index contributed by atoms with van der Waals surface area (Å²) in [6.07, 6.45) is 0. The zero-order valence-corrected chi connectivity index (χ0v) is 12.8. The van der Waals surface area contributed by atoms with Crippen LogP contribution in [-0.2, 0) is 9.53 Å². The number of allylic oxidation sites excluding steroid dienone is 1. The Morgan fingerprint density at radius 2 is 2.00 bits per heavy atom. The molecule has 0 aromatic heterocycles. The average Bonchev–Trinajstić information content (AvgIpc) is 2.38. The van der Waals surface area contributed by atoms with Crippen LogP contribution in [0.25, 0.3) is 0 Å². The highest BCUT2D eigenvalue weighted by Crippen LogP contribution is 2.28. The summed E-state index contributed by atoms with van der Waals surface area (Å²) in [4.78, 5) is 23.7. The predicted octanol–water partition coefficient (Wildman–Crippen LogP) is 2.64. The van der Waals surface area contributed by atoms with Gasteiger partial charge >= 0.3 is 12.0 Å². The number of rotatable bonds is 3. The Kier molecular flexibility index (Phi) is 4.44. The number of carbonyl (C=O) groups is 2. The van der Waals surface area contributed by atoms with E-state index in [2.05, 4.69) is 26.6 Å². The molecule has 1 atom stereocenters. The molecule has 0 spiro atoms. The van der Waals surface area contributed by atoms with Crippen LogP contribution in [0.5, 0.6) is 0 Å². The summed E-state index contributed by atoms with van der Waals surface area (Å²) in [7, 11) is 0. The Labute approximate surface area is 125 Å². The molecule has 2 amide bonds. The van der Waals surface area contributed by atoms with Gasteiger partial charge in [-0.15, -0.1) is 0 Å². The maximum Gasteiger partial charge on any atom is 0.338 e. The van der Waals surface area contributed by atoms with Crippen LogP contribution < -0.4 is 10.6 Å². The van der Waals surface area contributed by atoms with Crippen molar-refractivity contribution in [1.82, 2.24) is 10.6 Å². The van der Waals surface area contributed by atoms with E-state index < -0.39 is 12.0 Å². The predicted molar refractivity (Wildman–Crippen MR) is 77.9 cm³/mol. The van der Waals surface area contributed by atoms with Gasteiger partial charge in [0.05, 0.1) is 18.2 Å². The van der Waals surface area contributed by atoms with Crippen molar-refractivity contribution < 1.29 is 14.3 Å². The van der Waals surface area contributed by atoms with Gasteiger partial charge in [0.15, 0.2) is 0 Å². The van der Waals surface area contributed by atoms with Gasteiger partial charge < -0.3 is 15.4 Å². The minimum atomic E-state index is -0.504. The molecule has 5 nitrogen and oxygen atoms in total. The normalized spacial score (nSPS) is 18.4. The van der Waals surface area contributed by atoms with E-state index in [1.165, 1.54) is 0 Å². The van der Waals surface area contributed by atoms with Gasteiger partial charge in [0.2, 0.25) is 0 Å².